The Balaban J connectivity index is 1.54. The van der Waals surface area contributed by atoms with Gasteiger partial charge in [-0.2, -0.15) is 13.2 Å². The molecule has 0 bridgehead atoms. The van der Waals surface area contributed by atoms with E-state index in [1.165, 1.54) is 23.1 Å². The van der Waals surface area contributed by atoms with E-state index >= 15 is 0 Å². The van der Waals surface area contributed by atoms with Gasteiger partial charge in [-0.25, -0.2) is 0 Å². The maximum atomic E-state index is 12.7. The maximum absolute atomic E-state index is 12.7. The van der Waals surface area contributed by atoms with E-state index in [1.807, 2.05) is 0 Å². The predicted octanol–water partition coefficient (Wildman–Crippen LogP) is 3.34. The molecule has 1 heterocycles. The van der Waals surface area contributed by atoms with Crippen LogP contribution in [-0.4, -0.2) is 31.3 Å². The number of anilines is 1. The van der Waals surface area contributed by atoms with Gasteiger partial charge in [0, 0.05) is 32.0 Å². The van der Waals surface area contributed by atoms with Crippen molar-refractivity contribution in [2.24, 2.45) is 0 Å². The molecule has 0 saturated heterocycles. The number of fused-ring (bicyclic) bond motifs is 1. The van der Waals surface area contributed by atoms with Crippen molar-refractivity contribution in [2.75, 3.05) is 18.6 Å². The molecule has 0 aliphatic carbocycles. The van der Waals surface area contributed by atoms with E-state index in [9.17, 15) is 27.6 Å². The van der Waals surface area contributed by atoms with E-state index in [0.717, 1.165) is 12.1 Å². The Morgan fingerprint density at radius 1 is 1.13 bits per heavy atom. The monoisotopic (exact) mass is 420 g/mol. The molecule has 0 spiro atoms. The molecule has 1 N–H and O–H groups in total. The Kier molecular flexibility index (Phi) is 6.09. The molecule has 1 aliphatic rings. The third-order valence-electron chi connectivity index (χ3n) is 4.69. The van der Waals surface area contributed by atoms with Crippen LogP contribution in [0.5, 0.6) is 5.75 Å². The van der Waals surface area contributed by atoms with Crippen LogP contribution in [0.15, 0.2) is 42.5 Å². The van der Waals surface area contributed by atoms with Gasteiger partial charge in [0.15, 0.2) is 12.4 Å². The number of halogens is 3. The lowest BCUT2D eigenvalue weighted by Crippen LogP contribution is -2.35. The lowest BCUT2D eigenvalue weighted by molar-refractivity contribution is -0.137. The molecule has 0 saturated carbocycles. The summed E-state index contributed by atoms with van der Waals surface area (Å²) in [6.07, 6.45) is -4.64. The molecule has 0 fully saturated rings. The molecule has 1 aliphatic heterocycles. The number of ketones is 1. The molecule has 6 nitrogen and oxygen atoms in total. The minimum Gasteiger partial charge on any atom is -0.482 e. The van der Waals surface area contributed by atoms with Crippen LogP contribution in [-0.2, 0) is 22.3 Å². The molecule has 0 atom stereocenters. The lowest BCUT2D eigenvalue weighted by Gasteiger charge is -2.26. The van der Waals surface area contributed by atoms with Crippen LogP contribution in [0.4, 0.5) is 18.9 Å². The van der Waals surface area contributed by atoms with Crippen LogP contribution in [0, 0.1) is 0 Å². The van der Waals surface area contributed by atoms with Gasteiger partial charge in [-0.1, -0.05) is 12.1 Å². The van der Waals surface area contributed by atoms with Crippen molar-refractivity contribution in [3.05, 3.63) is 59.2 Å². The topological polar surface area (TPSA) is 75.7 Å². The molecule has 30 heavy (non-hydrogen) atoms. The van der Waals surface area contributed by atoms with Gasteiger partial charge in [-0.15, -0.1) is 0 Å². The lowest BCUT2D eigenvalue weighted by atomic mass is 10.0. The second-order valence-corrected chi connectivity index (χ2v) is 6.82. The Morgan fingerprint density at radius 2 is 1.90 bits per heavy atom. The Labute approximate surface area is 170 Å². The summed E-state index contributed by atoms with van der Waals surface area (Å²) >= 11 is 0. The highest BCUT2D eigenvalue weighted by molar-refractivity contribution is 6.02. The number of carbonyl (C=O) groups excluding carboxylic acids is 3. The maximum Gasteiger partial charge on any atom is 0.416 e. The highest BCUT2D eigenvalue weighted by Gasteiger charge is 2.30. The first-order valence-corrected chi connectivity index (χ1v) is 9.14. The van der Waals surface area contributed by atoms with Gasteiger partial charge in [-0.3, -0.25) is 14.4 Å². The van der Waals surface area contributed by atoms with Crippen molar-refractivity contribution in [2.45, 2.75) is 25.6 Å². The van der Waals surface area contributed by atoms with Gasteiger partial charge < -0.3 is 15.0 Å². The summed E-state index contributed by atoms with van der Waals surface area (Å²) < 4.78 is 43.5. The molecular formula is C21H19F3N2O4. The smallest absolute Gasteiger partial charge is 0.416 e. The zero-order valence-corrected chi connectivity index (χ0v) is 16.1. The second-order valence-electron chi connectivity index (χ2n) is 6.82. The van der Waals surface area contributed by atoms with E-state index in [-0.39, 0.29) is 37.7 Å². The molecular weight excluding hydrogens is 401 g/mol. The quantitative estimate of drug-likeness (QED) is 0.728. The number of benzene rings is 2. The van der Waals surface area contributed by atoms with Crippen LogP contribution >= 0.6 is 0 Å². The summed E-state index contributed by atoms with van der Waals surface area (Å²) in [5, 5.41) is 2.52. The van der Waals surface area contributed by atoms with Gasteiger partial charge in [0.05, 0.1) is 11.3 Å². The fourth-order valence-corrected chi connectivity index (χ4v) is 2.96. The highest BCUT2D eigenvalue weighted by Crippen LogP contribution is 2.32. The normalized spacial score (nSPS) is 13.5. The van der Waals surface area contributed by atoms with Gasteiger partial charge >= 0.3 is 6.18 Å². The SMILES string of the molecule is CN1C(=O)COc2ccc(C(=O)CCC(=O)NCc3cccc(C(F)(F)F)c3)cc21. The van der Waals surface area contributed by atoms with Crippen LogP contribution in [0.25, 0.3) is 0 Å². The van der Waals surface area contributed by atoms with Crippen molar-refractivity contribution >= 4 is 23.3 Å². The van der Waals surface area contributed by atoms with E-state index in [4.69, 9.17) is 4.74 Å². The number of alkyl halides is 3. The Bertz CT molecular complexity index is 988. The first-order valence-electron chi connectivity index (χ1n) is 9.14. The number of likely N-dealkylation sites (N-methyl/N-ethyl adjacent to an activating group) is 1. The second kappa shape index (κ2) is 8.56. The molecule has 0 unspecified atom stereocenters. The van der Waals surface area contributed by atoms with E-state index in [1.54, 1.807) is 19.2 Å². The van der Waals surface area contributed by atoms with Gasteiger partial charge in [0.25, 0.3) is 5.91 Å². The molecule has 2 aromatic rings. The molecule has 0 aromatic heterocycles. The first-order chi connectivity index (χ1) is 14.1. The van der Waals surface area contributed by atoms with Crippen LogP contribution in [0.1, 0.15) is 34.3 Å². The number of nitrogens with one attached hydrogen (secondary N) is 1. The number of hydrogen-bond donors (Lipinski definition) is 1. The zero-order valence-electron chi connectivity index (χ0n) is 16.1. The van der Waals surface area contributed by atoms with E-state index < -0.39 is 17.6 Å². The van der Waals surface area contributed by atoms with Crippen molar-refractivity contribution in [3.8, 4) is 5.75 Å². The summed E-state index contributed by atoms with van der Waals surface area (Å²) in [6, 6.07) is 9.37. The summed E-state index contributed by atoms with van der Waals surface area (Å²) in [6.45, 7) is -0.136. The van der Waals surface area contributed by atoms with Gasteiger partial charge in [0.1, 0.15) is 5.75 Å². The van der Waals surface area contributed by atoms with Crippen LogP contribution in [0.3, 0.4) is 0 Å². The average Bonchev–Trinajstić information content (AvgIpc) is 2.72. The van der Waals surface area contributed by atoms with Crippen LogP contribution < -0.4 is 15.0 Å². The standard InChI is InChI=1S/C21H19F3N2O4/c1-26-16-10-14(5-7-18(16)30-12-20(26)29)17(27)6-8-19(28)25-11-13-3-2-4-15(9-13)21(22,23)24/h2-5,7,9-10H,6,8,11-12H2,1H3,(H,25,28). The molecule has 2 aromatic carbocycles. The Hall–Kier alpha value is -3.36. The third-order valence-corrected chi connectivity index (χ3v) is 4.69. The summed E-state index contributed by atoms with van der Waals surface area (Å²) in [5.41, 5.74) is 0.340. The van der Waals surface area contributed by atoms with Crippen molar-refractivity contribution in [1.29, 1.82) is 0 Å². The predicted molar refractivity (Wildman–Crippen MR) is 102 cm³/mol. The molecule has 158 valence electrons. The van der Waals surface area contributed by atoms with Crippen molar-refractivity contribution in [1.82, 2.24) is 5.32 Å². The van der Waals surface area contributed by atoms with Crippen LogP contribution in [0.2, 0.25) is 0 Å². The molecule has 3 rings (SSSR count). The summed E-state index contributed by atoms with van der Waals surface area (Å²) in [7, 11) is 1.58. The molecule has 2 amide bonds. The third kappa shape index (κ3) is 4.97. The number of rotatable bonds is 6. The minimum atomic E-state index is -4.45. The number of ether oxygens (including phenoxy) is 1. The fourth-order valence-electron chi connectivity index (χ4n) is 2.96. The summed E-state index contributed by atoms with van der Waals surface area (Å²) in [5.74, 6) is -0.485. The van der Waals surface area contributed by atoms with Crippen molar-refractivity contribution < 1.29 is 32.3 Å². The highest BCUT2D eigenvalue weighted by atomic mass is 19.4. The molecule has 0 radical (unpaired) electrons. The fraction of sp³-hybridized carbons (Fsp3) is 0.286. The summed E-state index contributed by atoms with van der Waals surface area (Å²) in [4.78, 5) is 37.5. The van der Waals surface area contributed by atoms with E-state index in [0.29, 0.717) is 22.6 Å². The van der Waals surface area contributed by atoms with E-state index in [2.05, 4.69) is 5.32 Å². The van der Waals surface area contributed by atoms with Gasteiger partial charge in [0.2, 0.25) is 5.91 Å². The number of nitrogens with zero attached hydrogens (tertiary/aromatic N) is 1. The number of Topliss-reactive ketones (excluding diaryl/α,β-unsaturated/α-hetero) is 1. The number of carbonyl (C=O) groups is 3. The largest absolute Gasteiger partial charge is 0.482 e. The zero-order chi connectivity index (χ0) is 21.9. The number of amides is 2. The number of hydrogen-bond acceptors (Lipinski definition) is 4. The molecule has 9 heteroatoms. The van der Waals surface area contributed by atoms with Gasteiger partial charge in [-0.05, 0) is 35.9 Å². The first kappa shape index (κ1) is 21.4. The average molecular weight is 420 g/mol. The van der Waals surface area contributed by atoms with Crippen molar-refractivity contribution in [3.63, 3.8) is 0 Å². The minimum absolute atomic E-state index is 0.0666. The Morgan fingerprint density at radius 3 is 2.63 bits per heavy atom.